The smallest absolute Gasteiger partial charge is 0.744 e. The molecule has 5 rings (SSSR count). The molecular weight excluding hydrogens is 566 g/mol. The number of aromatic nitrogens is 2. The Bertz CT molecular complexity index is 1510. The topological polar surface area (TPSA) is 109 Å². The van der Waals surface area contributed by atoms with Crippen molar-refractivity contribution in [1.29, 1.82) is 0 Å². The van der Waals surface area contributed by atoms with Crippen LogP contribution >= 0.6 is 0 Å². The molecule has 2 heterocycles. The minimum atomic E-state index is -4.45. The first-order valence-corrected chi connectivity index (χ1v) is 12.4. The van der Waals surface area contributed by atoms with Crippen molar-refractivity contribution in [3.63, 3.8) is 0 Å². The molecule has 6 nitrogen and oxygen atoms in total. The van der Waals surface area contributed by atoms with Crippen molar-refractivity contribution in [1.82, 2.24) is 9.97 Å². The van der Waals surface area contributed by atoms with Crippen LogP contribution in [0.25, 0.3) is 21.5 Å². The van der Waals surface area contributed by atoms with E-state index in [-0.39, 0.29) is 33.0 Å². The van der Waals surface area contributed by atoms with Gasteiger partial charge < -0.3 is 10.3 Å². The van der Waals surface area contributed by atoms with Gasteiger partial charge in [0, 0.05) is 34.6 Å². The molecule has 0 amide bonds. The molecule has 3 aromatic carbocycles. The van der Waals surface area contributed by atoms with Crippen LogP contribution in [0.1, 0.15) is 22.5 Å². The van der Waals surface area contributed by atoms with Gasteiger partial charge >= 0.3 is 22.4 Å². The molecule has 0 saturated carbocycles. The summed E-state index contributed by atoms with van der Waals surface area (Å²) in [7, 11) is -4.45. The summed E-state index contributed by atoms with van der Waals surface area (Å²) in [6, 6.07) is 23.7. The molecular formula is C28H28AgN3O3S. The number of aryl methyl sites for hydroxylation is 4. The normalized spacial score (nSPS) is 10.5. The van der Waals surface area contributed by atoms with Crippen molar-refractivity contribution in [2.24, 2.45) is 0 Å². The number of fused-ring (bicyclic) bond motifs is 2. The van der Waals surface area contributed by atoms with E-state index < -0.39 is 10.1 Å². The number of hydrogen-bond acceptors (Lipinski definition) is 6. The van der Waals surface area contributed by atoms with Gasteiger partial charge in [-0.2, -0.15) is 0 Å². The average Bonchev–Trinajstić information content (AvgIpc) is 2.81. The Kier molecular flexibility index (Phi) is 10.3. The number of rotatable bonds is 1. The molecule has 2 aromatic heterocycles. The summed E-state index contributed by atoms with van der Waals surface area (Å²) in [6.07, 6.45) is 3.81. The quantitative estimate of drug-likeness (QED) is 0.148. The van der Waals surface area contributed by atoms with E-state index in [9.17, 15) is 13.0 Å². The molecule has 5 aromatic rings. The molecule has 0 aliphatic carbocycles. The molecule has 0 saturated heterocycles. The second-order valence-electron chi connectivity index (χ2n) is 8.29. The van der Waals surface area contributed by atoms with Crippen molar-refractivity contribution in [2.75, 3.05) is 5.73 Å². The maximum absolute atomic E-state index is 10.7. The minimum Gasteiger partial charge on any atom is -0.744 e. The van der Waals surface area contributed by atoms with E-state index in [0.29, 0.717) is 11.1 Å². The third kappa shape index (κ3) is 7.98. The van der Waals surface area contributed by atoms with Crippen molar-refractivity contribution < 1.29 is 35.4 Å². The van der Waals surface area contributed by atoms with Crippen LogP contribution < -0.4 is 5.73 Å². The first kappa shape index (κ1) is 29.2. The van der Waals surface area contributed by atoms with E-state index in [1.165, 1.54) is 27.6 Å². The van der Waals surface area contributed by atoms with Gasteiger partial charge in [0.05, 0.1) is 10.6 Å². The van der Waals surface area contributed by atoms with E-state index in [2.05, 4.69) is 46.4 Å². The zero-order chi connectivity index (χ0) is 25.6. The van der Waals surface area contributed by atoms with Crippen molar-refractivity contribution in [3.05, 3.63) is 108 Å². The summed E-state index contributed by atoms with van der Waals surface area (Å²) in [4.78, 5) is 8.09. The Morgan fingerprint density at radius 3 is 1.53 bits per heavy atom. The van der Waals surface area contributed by atoms with Gasteiger partial charge in [-0.15, -0.1) is 0 Å². The Balaban J connectivity index is 0.000000188. The van der Waals surface area contributed by atoms with Gasteiger partial charge in [-0.05, 0) is 67.8 Å². The molecule has 190 valence electrons. The van der Waals surface area contributed by atoms with Gasteiger partial charge in [0.2, 0.25) is 0 Å². The molecule has 0 bridgehead atoms. The summed E-state index contributed by atoms with van der Waals surface area (Å²) in [5, 5.41) is 4.94. The van der Waals surface area contributed by atoms with E-state index in [1.807, 2.05) is 50.5 Å². The predicted molar refractivity (Wildman–Crippen MR) is 141 cm³/mol. The molecule has 0 radical (unpaired) electrons. The van der Waals surface area contributed by atoms with E-state index in [4.69, 9.17) is 5.73 Å². The number of pyridine rings is 2. The number of nitrogens with zero attached hydrogens (tertiary/aromatic N) is 2. The summed E-state index contributed by atoms with van der Waals surface area (Å²) < 4.78 is 32.2. The fourth-order valence-corrected chi connectivity index (χ4v) is 4.29. The van der Waals surface area contributed by atoms with Crippen LogP contribution in [-0.2, 0) is 32.5 Å². The van der Waals surface area contributed by atoms with Crippen LogP contribution in [0.2, 0.25) is 0 Å². The molecule has 0 aliphatic rings. The van der Waals surface area contributed by atoms with Crippen LogP contribution in [0.4, 0.5) is 5.69 Å². The van der Waals surface area contributed by atoms with Gasteiger partial charge in [-0.25, -0.2) is 8.42 Å². The maximum Gasteiger partial charge on any atom is 1.00 e. The van der Waals surface area contributed by atoms with Gasteiger partial charge in [0.1, 0.15) is 10.1 Å². The van der Waals surface area contributed by atoms with Gasteiger partial charge in [0.25, 0.3) is 0 Å². The largest absolute Gasteiger partial charge is 1.00 e. The standard InChI is InChI=1S/2C10H9N.C8H11NO3S.Ag/c2*1-8-6-9-4-2-3-5-10(9)7-11-8;1-5-3-6(2)8(9)7(4-5)13(10,11)12;/h2*2-7H,1H3;3-4H,9H2,1-2H3,(H,10,11,12);/q;;;+1/p-1. The number of nitrogens with two attached hydrogens (primary N) is 1. The number of hydrogen-bond donors (Lipinski definition) is 1. The average molecular weight is 594 g/mol. The van der Waals surface area contributed by atoms with Crippen molar-refractivity contribution >= 4 is 37.4 Å². The third-order valence-corrected chi connectivity index (χ3v) is 6.17. The predicted octanol–water partition coefficient (Wildman–Crippen LogP) is 5.87. The van der Waals surface area contributed by atoms with Crippen LogP contribution in [0.15, 0.2) is 90.1 Å². The van der Waals surface area contributed by atoms with Crippen molar-refractivity contribution in [2.45, 2.75) is 32.6 Å². The van der Waals surface area contributed by atoms with Crippen LogP contribution in [0.5, 0.6) is 0 Å². The molecule has 0 aliphatic heterocycles. The Labute approximate surface area is 227 Å². The molecule has 0 spiro atoms. The maximum atomic E-state index is 10.7. The van der Waals surface area contributed by atoms with Crippen LogP contribution in [0, 0.1) is 27.7 Å². The fourth-order valence-electron chi connectivity index (χ4n) is 3.53. The SMILES string of the molecule is Cc1cc(C)c(N)c(S(=O)(=O)[O-])c1.Cc1cc2ccccc2cn1.Cc1cc2ccccc2cn1.[Ag+]. The van der Waals surface area contributed by atoms with E-state index in [0.717, 1.165) is 11.4 Å². The molecule has 0 unspecified atom stereocenters. The Morgan fingerprint density at radius 2 is 1.11 bits per heavy atom. The van der Waals surface area contributed by atoms with Crippen LogP contribution in [-0.4, -0.2) is 22.9 Å². The molecule has 2 N–H and O–H groups in total. The molecule has 0 fully saturated rings. The Morgan fingerprint density at radius 1 is 0.694 bits per heavy atom. The summed E-state index contributed by atoms with van der Waals surface area (Å²) in [5.74, 6) is 0. The second-order valence-corrected chi connectivity index (χ2v) is 9.64. The zero-order valence-corrected chi connectivity index (χ0v) is 22.8. The summed E-state index contributed by atoms with van der Waals surface area (Å²) >= 11 is 0. The van der Waals surface area contributed by atoms with Crippen LogP contribution in [0.3, 0.4) is 0 Å². The fraction of sp³-hybridized carbons (Fsp3) is 0.143. The first-order valence-electron chi connectivity index (χ1n) is 11.0. The van der Waals surface area contributed by atoms with Gasteiger partial charge in [0.15, 0.2) is 0 Å². The number of anilines is 1. The number of nitrogen functional groups attached to an aromatic ring is 1. The zero-order valence-electron chi connectivity index (χ0n) is 20.5. The van der Waals surface area contributed by atoms with Gasteiger partial charge in [-0.1, -0.05) is 54.6 Å². The van der Waals surface area contributed by atoms with E-state index >= 15 is 0 Å². The van der Waals surface area contributed by atoms with E-state index in [1.54, 1.807) is 19.9 Å². The Hall–Kier alpha value is -3.07. The van der Waals surface area contributed by atoms with Crippen molar-refractivity contribution in [3.8, 4) is 0 Å². The van der Waals surface area contributed by atoms with Gasteiger partial charge in [-0.3, -0.25) is 9.97 Å². The second kappa shape index (κ2) is 12.8. The first-order chi connectivity index (χ1) is 16.5. The molecule has 0 atom stereocenters. The summed E-state index contributed by atoms with van der Waals surface area (Å²) in [5.41, 5.74) is 8.96. The minimum absolute atomic E-state index is 0. The summed E-state index contributed by atoms with van der Waals surface area (Å²) in [6.45, 7) is 7.39. The molecule has 36 heavy (non-hydrogen) atoms. The molecule has 8 heteroatoms. The third-order valence-electron chi connectivity index (χ3n) is 5.30. The monoisotopic (exact) mass is 593 g/mol. The number of benzene rings is 3.